The maximum absolute atomic E-state index is 14.8. The third kappa shape index (κ3) is 9.40. The van der Waals surface area contributed by atoms with Gasteiger partial charge in [-0.15, -0.1) is 0 Å². The normalized spacial score (nSPS) is 33.7. The highest BCUT2D eigenvalue weighted by atomic mass is 16.7. The van der Waals surface area contributed by atoms with E-state index in [9.17, 15) is 60.7 Å². The van der Waals surface area contributed by atoms with Crippen molar-refractivity contribution in [2.75, 3.05) is 20.3 Å². The van der Waals surface area contributed by atoms with E-state index in [1.807, 2.05) is 0 Å². The third-order valence-electron chi connectivity index (χ3n) is 10.8. The van der Waals surface area contributed by atoms with E-state index in [1.54, 1.807) is 32.1 Å². The largest absolute Gasteiger partial charge is 0.507 e. The second-order valence-corrected chi connectivity index (χ2v) is 15.4. The van der Waals surface area contributed by atoms with E-state index in [0.29, 0.717) is 5.75 Å². The molecule has 342 valence electrons. The number of methoxy groups -OCH3 is 1. The first-order chi connectivity index (χ1) is 29.4. The van der Waals surface area contributed by atoms with Crippen molar-refractivity contribution in [1.29, 1.82) is 0 Å². The lowest BCUT2D eigenvalue weighted by molar-refractivity contribution is -0.350. The number of esters is 1. The van der Waals surface area contributed by atoms with Crippen LogP contribution in [0.3, 0.4) is 0 Å². The van der Waals surface area contributed by atoms with E-state index in [4.69, 9.17) is 42.3 Å². The number of fused-ring (bicyclic) bond motifs is 1. The molecule has 62 heavy (non-hydrogen) atoms. The molecule has 3 saturated heterocycles. The van der Waals surface area contributed by atoms with Gasteiger partial charge < -0.3 is 93.4 Å². The van der Waals surface area contributed by atoms with E-state index in [-0.39, 0.29) is 34.6 Å². The number of aliphatic hydroxyl groups is 9. The molecule has 21 heteroatoms. The second kappa shape index (κ2) is 19.5. The molecule has 0 radical (unpaired) electrons. The van der Waals surface area contributed by atoms with Crippen molar-refractivity contribution in [3.8, 4) is 34.3 Å². The van der Waals surface area contributed by atoms with Gasteiger partial charge in [0.1, 0.15) is 89.3 Å². The topological polar surface area (TPSA) is 323 Å². The molecule has 3 aliphatic rings. The maximum Gasteiger partial charge on any atom is 0.303 e. The SMILES string of the molecule is COc1ccc(-c2oc3c(CC=C(C)C)c(O[C@H]4O[C@H](CO)[C@@H](O)[C@H](O)[C@H]4O)cc(O)c3c(=O)c2O[C@@H]2O[C@H](C)[C@H](OC(C)=O)[C@@H](O[C@@H]3O[C@@H](CO)[C@@H](O)[C@@H](O)[C@H]3O)[C@@H]2O)cc1. The summed E-state index contributed by atoms with van der Waals surface area (Å²) in [5.41, 5.74) is -0.0771. The zero-order valence-corrected chi connectivity index (χ0v) is 34.2. The summed E-state index contributed by atoms with van der Waals surface area (Å²) in [6, 6.07) is 7.16. The fourth-order valence-corrected chi connectivity index (χ4v) is 7.34. The number of hydrogen-bond acceptors (Lipinski definition) is 21. The standard InChI is InChI=1S/C41H52O21/c1-15(2)6-11-20-22(57-39-31(51)29(49)26(46)23(13-42)58-39)12-21(45)25-28(48)37(35(60-36(20)25)18-7-9-19(54-5)10-8-18)61-41-33(53)38(34(16(3)55-41)56-17(4)44)62-40-32(52)30(50)27(47)24(14-43)59-40/h6-10,12,16,23-24,26-27,29-34,38-43,45-47,49-53H,11,13-14H2,1-5H3/t16-,23-,24+,26-,27-,29+,30-,31-,32-,33+,34+,38+,39+,40+,41+/m1/s1. The van der Waals surface area contributed by atoms with Crippen LogP contribution in [-0.4, -0.2) is 169 Å². The summed E-state index contributed by atoms with van der Waals surface area (Å²) < 4.78 is 52.2. The van der Waals surface area contributed by atoms with Crippen LogP contribution in [0.4, 0.5) is 0 Å². The van der Waals surface area contributed by atoms with E-state index < -0.39 is 134 Å². The summed E-state index contributed by atoms with van der Waals surface area (Å²) in [4.78, 5) is 27.0. The summed E-state index contributed by atoms with van der Waals surface area (Å²) in [5, 5.41) is 105. The summed E-state index contributed by atoms with van der Waals surface area (Å²) in [7, 11) is 1.43. The molecule has 0 bridgehead atoms. The van der Waals surface area contributed by atoms with Crippen molar-refractivity contribution in [3.05, 3.63) is 57.8 Å². The maximum atomic E-state index is 14.8. The average molecular weight is 881 g/mol. The van der Waals surface area contributed by atoms with Crippen molar-refractivity contribution < 1.29 is 98.2 Å². The van der Waals surface area contributed by atoms with E-state index in [0.717, 1.165) is 18.6 Å². The molecule has 0 aliphatic carbocycles. The fourth-order valence-electron chi connectivity index (χ4n) is 7.34. The number of carbonyl (C=O) groups excluding carboxylic acids is 1. The van der Waals surface area contributed by atoms with E-state index >= 15 is 0 Å². The van der Waals surface area contributed by atoms with Gasteiger partial charge in [-0.1, -0.05) is 11.6 Å². The van der Waals surface area contributed by atoms with Crippen molar-refractivity contribution in [1.82, 2.24) is 0 Å². The lowest BCUT2D eigenvalue weighted by atomic mass is 9.97. The Labute approximate surface area is 353 Å². The van der Waals surface area contributed by atoms with E-state index in [1.165, 1.54) is 26.2 Å². The minimum Gasteiger partial charge on any atom is -0.507 e. The number of ether oxygens (including phenoxy) is 8. The van der Waals surface area contributed by atoms with Gasteiger partial charge in [-0.25, -0.2) is 0 Å². The van der Waals surface area contributed by atoms with Gasteiger partial charge in [-0.2, -0.15) is 0 Å². The van der Waals surface area contributed by atoms with Gasteiger partial charge in [0.15, 0.2) is 18.2 Å². The van der Waals surface area contributed by atoms with Crippen LogP contribution in [0.1, 0.15) is 33.3 Å². The molecule has 21 nitrogen and oxygen atoms in total. The van der Waals surface area contributed by atoms with Crippen molar-refractivity contribution >= 4 is 16.9 Å². The Morgan fingerprint density at radius 2 is 1.34 bits per heavy atom. The van der Waals surface area contributed by atoms with Crippen LogP contribution in [0.25, 0.3) is 22.3 Å². The zero-order valence-electron chi connectivity index (χ0n) is 34.2. The summed E-state index contributed by atoms with van der Waals surface area (Å²) in [5.74, 6) is -2.20. The smallest absolute Gasteiger partial charge is 0.303 e. The predicted octanol–water partition coefficient (Wildman–Crippen LogP) is -1.54. The number of allylic oxidation sites excluding steroid dienone is 2. The highest BCUT2D eigenvalue weighted by Gasteiger charge is 2.53. The number of phenols is 1. The van der Waals surface area contributed by atoms with Gasteiger partial charge in [0.25, 0.3) is 0 Å². The Kier molecular flexibility index (Phi) is 14.8. The third-order valence-corrected chi connectivity index (χ3v) is 10.8. The van der Waals surface area contributed by atoms with Crippen molar-refractivity contribution in [3.63, 3.8) is 0 Å². The molecular weight excluding hydrogens is 828 g/mol. The lowest BCUT2D eigenvalue weighted by Crippen LogP contribution is -2.65. The zero-order chi connectivity index (χ0) is 45.3. The molecule has 3 fully saturated rings. The second-order valence-electron chi connectivity index (χ2n) is 15.4. The molecule has 0 saturated carbocycles. The van der Waals surface area contributed by atoms with Crippen LogP contribution in [-0.2, 0) is 34.9 Å². The molecule has 3 aromatic rings. The minimum atomic E-state index is -1.99. The van der Waals surface area contributed by atoms with Crippen LogP contribution < -0.4 is 19.6 Å². The summed E-state index contributed by atoms with van der Waals surface area (Å²) >= 11 is 0. The molecule has 0 unspecified atom stereocenters. The van der Waals surface area contributed by atoms with Crippen LogP contribution in [0, 0.1) is 0 Å². The highest BCUT2D eigenvalue weighted by Crippen LogP contribution is 2.42. The number of hydrogen-bond donors (Lipinski definition) is 10. The van der Waals surface area contributed by atoms with Crippen LogP contribution in [0.5, 0.6) is 23.0 Å². The monoisotopic (exact) mass is 880 g/mol. The van der Waals surface area contributed by atoms with Gasteiger partial charge in [0.05, 0.1) is 26.4 Å². The Hall–Kier alpha value is -4.46. The number of rotatable bonds is 13. The number of phenolic OH excluding ortho intramolecular Hbond substituents is 1. The number of aromatic hydroxyl groups is 1. The van der Waals surface area contributed by atoms with Crippen LogP contribution >= 0.6 is 0 Å². The van der Waals surface area contributed by atoms with Gasteiger partial charge >= 0.3 is 5.97 Å². The molecule has 0 amide bonds. The minimum absolute atomic E-state index is 0.00641. The van der Waals surface area contributed by atoms with Gasteiger partial charge in [0.2, 0.25) is 23.8 Å². The Morgan fingerprint density at radius 1 is 0.758 bits per heavy atom. The predicted molar refractivity (Wildman–Crippen MR) is 209 cm³/mol. The molecule has 4 heterocycles. The molecule has 2 aromatic carbocycles. The summed E-state index contributed by atoms with van der Waals surface area (Å²) in [6.45, 7) is 4.54. The molecule has 3 aliphatic heterocycles. The molecular formula is C41H52O21. The van der Waals surface area contributed by atoms with Gasteiger partial charge in [-0.05, 0) is 51.5 Å². The fraction of sp³-hybridized carbons (Fsp3) is 0.561. The van der Waals surface area contributed by atoms with Crippen molar-refractivity contribution in [2.45, 2.75) is 126 Å². The molecule has 15 atom stereocenters. The van der Waals surface area contributed by atoms with Gasteiger partial charge in [0, 0.05) is 24.1 Å². The highest BCUT2D eigenvalue weighted by molar-refractivity contribution is 5.91. The van der Waals surface area contributed by atoms with Crippen LogP contribution in [0.2, 0.25) is 0 Å². The Bertz CT molecular complexity index is 2110. The Balaban J connectivity index is 1.48. The molecule has 10 N–H and O–H groups in total. The number of benzene rings is 2. The molecule has 0 spiro atoms. The first kappa shape index (κ1) is 47.0. The molecule has 1 aromatic heterocycles. The van der Waals surface area contributed by atoms with Gasteiger partial charge in [-0.3, -0.25) is 9.59 Å². The first-order valence-electron chi connectivity index (χ1n) is 19.6. The average Bonchev–Trinajstić information content (AvgIpc) is 3.24. The number of carbonyl (C=O) groups is 1. The van der Waals surface area contributed by atoms with E-state index in [2.05, 4.69) is 0 Å². The quantitative estimate of drug-likeness (QED) is 0.0687. The number of aliphatic hydroxyl groups excluding tert-OH is 9. The van der Waals surface area contributed by atoms with Crippen LogP contribution in [0.15, 0.2) is 51.2 Å². The molecule has 6 rings (SSSR count). The summed E-state index contributed by atoms with van der Waals surface area (Å²) in [6.07, 6.45) is -23.5. The first-order valence-corrected chi connectivity index (χ1v) is 19.6. The van der Waals surface area contributed by atoms with Crippen molar-refractivity contribution in [2.24, 2.45) is 0 Å². The Morgan fingerprint density at radius 3 is 1.90 bits per heavy atom. The lowest BCUT2D eigenvalue weighted by Gasteiger charge is -2.46.